The average Bonchev–Trinajstić information content (AvgIpc) is 2.82. The first-order chi connectivity index (χ1) is 16.0. The van der Waals surface area contributed by atoms with Gasteiger partial charge >= 0.3 is 0 Å². The van der Waals surface area contributed by atoms with Crippen LogP contribution in [-0.4, -0.2) is 51.8 Å². The monoisotopic (exact) mass is 529 g/mol. The number of nitrogens with zero attached hydrogens (tertiary/aromatic N) is 1. The molecule has 2 heterocycles. The fourth-order valence-corrected chi connectivity index (χ4v) is 5.16. The number of fused-ring (bicyclic) bond motifs is 1. The highest BCUT2D eigenvalue weighted by Crippen LogP contribution is 2.38. The van der Waals surface area contributed by atoms with E-state index >= 15 is 0 Å². The van der Waals surface area contributed by atoms with Crippen molar-refractivity contribution in [3.8, 4) is 0 Å². The first kappa shape index (κ1) is 25.1. The zero-order chi connectivity index (χ0) is 23.3. The van der Waals surface area contributed by atoms with Gasteiger partial charge in [-0.25, -0.2) is 4.99 Å². The van der Waals surface area contributed by atoms with Gasteiger partial charge in [0.15, 0.2) is 0 Å². The highest BCUT2D eigenvalue weighted by Gasteiger charge is 2.51. The van der Waals surface area contributed by atoms with Crippen LogP contribution in [0.15, 0.2) is 65.7 Å². The summed E-state index contributed by atoms with van der Waals surface area (Å²) in [5.74, 6) is 0.913. The molecule has 0 bridgehead atoms. The van der Waals surface area contributed by atoms with Gasteiger partial charge in [-0.1, -0.05) is 102 Å². The molecule has 1 saturated heterocycles. The zero-order valence-electron chi connectivity index (χ0n) is 18.1. The van der Waals surface area contributed by atoms with Gasteiger partial charge in [0.2, 0.25) is 5.90 Å². The molecule has 0 spiro atoms. The van der Waals surface area contributed by atoms with Crippen LogP contribution in [0.3, 0.4) is 0 Å². The van der Waals surface area contributed by atoms with Crippen molar-refractivity contribution in [1.82, 2.24) is 0 Å². The van der Waals surface area contributed by atoms with Gasteiger partial charge < -0.3 is 18.9 Å². The van der Waals surface area contributed by atoms with Gasteiger partial charge in [0.1, 0.15) is 36.4 Å². The number of ether oxygens (including phenoxy) is 4. The van der Waals surface area contributed by atoms with Crippen molar-refractivity contribution in [2.45, 2.75) is 53.7 Å². The van der Waals surface area contributed by atoms with Crippen molar-refractivity contribution >= 4 is 52.5 Å². The van der Waals surface area contributed by atoms with Crippen LogP contribution in [0, 0.1) is 0 Å². The molecule has 5 atom stereocenters. The van der Waals surface area contributed by atoms with E-state index in [2.05, 4.69) is 11.9 Å². The van der Waals surface area contributed by atoms with Crippen molar-refractivity contribution in [2.75, 3.05) is 12.4 Å². The second kappa shape index (κ2) is 11.6. The SMILES string of the molecule is CCS[C@@H]1O[C@@H]2COC(C(Cl)(Cl)Cl)=N[C@@H]2[C@H](OCc2ccccc2)[C@H]1OCc1ccccc1. The van der Waals surface area contributed by atoms with Crippen LogP contribution < -0.4 is 0 Å². The van der Waals surface area contributed by atoms with E-state index in [1.807, 2.05) is 60.7 Å². The number of rotatable bonds is 8. The number of alkyl halides is 3. The molecule has 2 aliphatic heterocycles. The lowest BCUT2D eigenvalue weighted by atomic mass is 9.96. The number of thioether (sulfide) groups is 1. The van der Waals surface area contributed by atoms with Gasteiger partial charge in [-0.3, -0.25) is 0 Å². The Labute approximate surface area is 213 Å². The third-order valence-corrected chi connectivity index (χ3v) is 6.94. The molecule has 0 radical (unpaired) electrons. The Balaban J connectivity index is 1.62. The van der Waals surface area contributed by atoms with E-state index in [1.165, 1.54) is 0 Å². The Morgan fingerprint density at radius 3 is 2.06 bits per heavy atom. The molecule has 2 aromatic carbocycles. The molecule has 4 rings (SSSR count). The van der Waals surface area contributed by atoms with Crippen molar-refractivity contribution in [3.63, 3.8) is 0 Å². The molecule has 0 amide bonds. The Morgan fingerprint density at radius 1 is 0.939 bits per heavy atom. The highest BCUT2D eigenvalue weighted by atomic mass is 35.6. The van der Waals surface area contributed by atoms with E-state index < -0.39 is 15.9 Å². The normalized spacial score (nSPS) is 27.4. The van der Waals surface area contributed by atoms with Crippen LogP contribution in [-0.2, 0) is 32.2 Å². The standard InChI is InChI=1S/C24H26Cl3NO4S/c1-2-33-22-21(30-14-17-11-7-4-8-12-17)20(29-13-16-9-5-3-6-10-16)19-18(32-22)15-31-23(28-19)24(25,26)27/h3-12,18-22H,2,13-15H2,1H3/t18-,19+,20+,21-,22+/m1/s1. The quantitative estimate of drug-likeness (QED) is 0.404. The third kappa shape index (κ3) is 6.57. The van der Waals surface area contributed by atoms with E-state index in [-0.39, 0.29) is 30.1 Å². The predicted molar refractivity (Wildman–Crippen MR) is 134 cm³/mol. The second-order valence-electron chi connectivity index (χ2n) is 7.75. The minimum atomic E-state index is -1.76. The summed E-state index contributed by atoms with van der Waals surface area (Å²) >= 11 is 19.9. The maximum absolute atomic E-state index is 6.47. The summed E-state index contributed by atoms with van der Waals surface area (Å²) in [5.41, 5.74) is 1.88. The number of benzene rings is 2. The Kier molecular flexibility index (Phi) is 8.85. The smallest absolute Gasteiger partial charge is 0.266 e. The molecule has 33 heavy (non-hydrogen) atoms. The Bertz CT molecular complexity index is 913. The van der Waals surface area contributed by atoms with Crippen molar-refractivity contribution in [3.05, 3.63) is 71.8 Å². The minimum Gasteiger partial charge on any atom is -0.475 e. The number of halogens is 3. The molecule has 0 aliphatic carbocycles. The van der Waals surface area contributed by atoms with Gasteiger partial charge in [-0.2, -0.15) is 0 Å². The van der Waals surface area contributed by atoms with E-state index in [4.69, 9.17) is 53.8 Å². The van der Waals surface area contributed by atoms with Crippen LogP contribution in [0.4, 0.5) is 0 Å². The van der Waals surface area contributed by atoms with Crippen molar-refractivity contribution < 1.29 is 18.9 Å². The lowest BCUT2D eigenvalue weighted by Crippen LogP contribution is -2.61. The van der Waals surface area contributed by atoms with Gasteiger partial charge in [-0.15, -0.1) is 11.8 Å². The number of hydrogen-bond acceptors (Lipinski definition) is 6. The van der Waals surface area contributed by atoms with Crippen LogP contribution >= 0.6 is 46.6 Å². The second-order valence-corrected chi connectivity index (χ2v) is 11.4. The largest absolute Gasteiger partial charge is 0.475 e. The number of aliphatic imine (C=N–C) groups is 1. The predicted octanol–water partition coefficient (Wildman–Crippen LogP) is 5.80. The van der Waals surface area contributed by atoms with Crippen LogP contribution in [0.1, 0.15) is 18.1 Å². The third-order valence-electron chi connectivity index (χ3n) is 5.41. The minimum absolute atomic E-state index is 0.0501. The lowest BCUT2D eigenvalue weighted by molar-refractivity contribution is -0.200. The van der Waals surface area contributed by atoms with Crippen LogP contribution in [0.2, 0.25) is 0 Å². The maximum atomic E-state index is 6.47. The molecule has 0 N–H and O–H groups in total. The molecular weight excluding hydrogens is 505 g/mol. The van der Waals surface area contributed by atoms with E-state index in [9.17, 15) is 0 Å². The summed E-state index contributed by atoms with van der Waals surface area (Å²) in [6.07, 6.45) is -1.12. The fraction of sp³-hybridized carbons (Fsp3) is 0.458. The van der Waals surface area contributed by atoms with Gasteiger partial charge in [0.05, 0.1) is 13.2 Å². The Hall–Kier alpha value is -0.990. The number of hydrogen-bond donors (Lipinski definition) is 0. The molecule has 2 aromatic rings. The molecule has 0 aromatic heterocycles. The van der Waals surface area contributed by atoms with Gasteiger partial charge in [0.25, 0.3) is 3.79 Å². The summed E-state index contributed by atoms with van der Waals surface area (Å²) in [7, 11) is 0. The first-order valence-corrected chi connectivity index (χ1v) is 13.0. The summed E-state index contributed by atoms with van der Waals surface area (Å²) in [5, 5.41) is 0. The topological polar surface area (TPSA) is 49.3 Å². The molecule has 5 nitrogen and oxygen atoms in total. The molecule has 1 fully saturated rings. The summed E-state index contributed by atoms with van der Waals surface area (Å²) in [6, 6.07) is 19.6. The maximum Gasteiger partial charge on any atom is 0.266 e. The van der Waals surface area contributed by atoms with Gasteiger partial charge in [0, 0.05) is 0 Å². The van der Waals surface area contributed by atoms with E-state index in [0.717, 1.165) is 16.9 Å². The van der Waals surface area contributed by atoms with E-state index in [1.54, 1.807) is 11.8 Å². The highest BCUT2D eigenvalue weighted by molar-refractivity contribution is 7.99. The summed E-state index contributed by atoms with van der Waals surface area (Å²) in [6.45, 7) is 3.15. The van der Waals surface area contributed by atoms with Crippen molar-refractivity contribution in [2.24, 2.45) is 4.99 Å². The molecule has 9 heteroatoms. The molecule has 0 saturated carbocycles. The lowest BCUT2D eigenvalue weighted by Gasteiger charge is -2.46. The zero-order valence-corrected chi connectivity index (χ0v) is 21.2. The average molecular weight is 531 g/mol. The van der Waals surface area contributed by atoms with Crippen LogP contribution in [0.25, 0.3) is 0 Å². The fourth-order valence-electron chi connectivity index (χ4n) is 3.87. The van der Waals surface area contributed by atoms with Crippen molar-refractivity contribution in [1.29, 1.82) is 0 Å². The van der Waals surface area contributed by atoms with Crippen LogP contribution in [0.5, 0.6) is 0 Å². The van der Waals surface area contributed by atoms with Gasteiger partial charge in [-0.05, 0) is 16.9 Å². The Morgan fingerprint density at radius 2 is 1.52 bits per heavy atom. The van der Waals surface area contributed by atoms with E-state index in [0.29, 0.717) is 13.2 Å². The first-order valence-electron chi connectivity index (χ1n) is 10.8. The summed E-state index contributed by atoms with van der Waals surface area (Å²) < 4.78 is 23.1. The molecule has 0 unspecified atom stereocenters. The molecular formula is C24H26Cl3NO4S. The molecule has 2 aliphatic rings. The molecule has 178 valence electrons. The summed E-state index contributed by atoms with van der Waals surface area (Å²) in [4.78, 5) is 4.63.